The van der Waals surface area contributed by atoms with Gasteiger partial charge in [0.2, 0.25) is 0 Å². The van der Waals surface area contributed by atoms with E-state index in [4.69, 9.17) is 10.7 Å². The van der Waals surface area contributed by atoms with Crippen LogP contribution in [0, 0.1) is 0 Å². The first-order chi connectivity index (χ1) is 19.2. The highest BCUT2D eigenvalue weighted by molar-refractivity contribution is 6.10. The Morgan fingerprint density at radius 1 is 0.750 bits per heavy atom. The van der Waals surface area contributed by atoms with Crippen LogP contribution in [0.3, 0.4) is 0 Å². The molecule has 0 atom stereocenters. The number of pyridine rings is 1. The molecule has 0 saturated heterocycles. The summed E-state index contributed by atoms with van der Waals surface area (Å²) in [6.45, 7) is 11.1. The van der Waals surface area contributed by atoms with E-state index < -0.39 is 0 Å². The average Bonchev–Trinajstić information content (AvgIpc) is 3.27. The van der Waals surface area contributed by atoms with Gasteiger partial charge in [-0.15, -0.1) is 0 Å². The Labute approximate surface area is 236 Å². The van der Waals surface area contributed by atoms with E-state index in [1.54, 1.807) is 0 Å². The van der Waals surface area contributed by atoms with Crippen molar-refractivity contribution in [3.63, 3.8) is 0 Å². The predicted molar refractivity (Wildman–Crippen MR) is 171 cm³/mol. The Balaban J connectivity index is 1.56. The van der Waals surface area contributed by atoms with Gasteiger partial charge in [-0.1, -0.05) is 69.3 Å². The highest BCUT2D eigenvalue weighted by atomic mass is 15.2. The monoisotopic (exact) mass is 524 g/mol. The first-order valence-electron chi connectivity index (χ1n) is 14.0. The molecule has 6 rings (SSSR count). The van der Waals surface area contributed by atoms with Gasteiger partial charge >= 0.3 is 0 Å². The molecule has 4 aromatic carbocycles. The van der Waals surface area contributed by atoms with Crippen molar-refractivity contribution in [1.29, 1.82) is 0 Å². The van der Waals surface area contributed by atoms with Crippen molar-refractivity contribution in [2.75, 3.05) is 10.6 Å². The van der Waals surface area contributed by atoms with E-state index >= 15 is 0 Å². The highest BCUT2D eigenvalue weighted by Crippen LogP contribution is 2.38. The van der Waals surface area contributed by atoms with E-state index in [1.165, 1.54) is 21.9 Å². The lowest BCUT2D eigenvalue weighted by molar-refractivity contribution is 0.589. The quantitative estimate of drug-likeness (QED) is 0.229. The number of hydrogen-bond acceptors (Lipinski definition) is 3. The topological polar surface area (TPSA) is 47.1 Å². The minimum Gasteiger partial charge on any atom is -0.397 e. The Kier molecular flexibility index (Phi) is 6.34. The Morgan fingerprint density at radius 2 is 1.50 bits per heavy atom. The SMILES string of the molecule is CC(C)N(c1ccc2c3ccccc3n(-c3cccc(-c4cc(C(C)(C)C)ccn4)c3)c2c1)c1ccccc1N. The second-order valence-electron chi connectivity index (χ2n) is 11.8. The zero-order valence-electron chi connectivity index (χ0n) is 23.9. The fraction of sp³-hybridized carbons (Fsp3) is 0.194. The van der Waals surface area contributed by atoms with Crippen LogP contribution in [0.25, 0.3) is 38.8 Å². The second kappa shape index (κ2) is 9.87. The van der Waals surface area contributed by atoms with Gasteiger partial charge in [0.25, 0.3) is 0 Å². The van der Waals surface area contributed by atoms with Crippen LogP contribution in [-0.2, 0) is 5.41 Å². The standard InChI is InChI=1S/C36H36N4/c1-24(2)39(34-16-9-7-14-31(34)37)28-17-18-30-29-13-6-8-15-33(29)40(35(30)23-28)27-12-10-11-25(21-27)32-22-26(19-20-38-32)36(3,4)5/h6-24H,37H2,1-5H3. The molecule has 4 nitrogen and oxygen atoms in total. The van der Waals surface area contributed by atoms with Gasteiger partial charge in [-0.3, -0.25) is 4.98 Å². The van der Waals surface area contributed by atoms with E-state index in [0.29, 0.717) is 0 Å². The van der Waals surface area contributed by atoms with Gasteiger partial charge in [0.1, 0.15) is 0 Å². The van der Waals surface area contributed by atoms with Crippen LogP contribution >= 0.6 is 0 Å². The highest BCUT2D eigenvalue weighted by Gasteiger charge is 2.20. The molecule has 2 heterocycles. The largest absolute Gasteiger partial charge is 0.397 e. The van der Waals surface area contributed by atoms with Gasteiger partial charge in [-0.05, 0) is 79.4 Å². The number of nitrogen functional groups attached to an aromatic ring is 1. The van der Waals surface area contributed by atoms with Crippen LogP contribution in [-0.4, -0.2) is 15.6 Å². The first-order valence-corrected chi connectivity index (χ1v) is 14.0. The molecule has 0 amide bonds. The maximum absolute atomic E-state index is 6.45. The Morgan fingerprint density at radius 3 is 2.27 bits per heavy atom. The van der Waals surface area contributed by atoms with Gasteiger partial charge in [0.15, 0.2) is 0 Å². The van der Waals surface area contributed by atoms with Gasteiger partial charge in [-0.2, -0.15) is 0 Å². The van der Waals surface area contributed by atoms with Crippen molar-refractivity contribution < 1.29 is 0 Å². The lowest BCUT2D eigenvalue weighted by Gasteiger charge is -2.30. The summed E-state index contributed by atoms with van der Waals surface area (Å²) in [5.41, 5.74) is 16.2. The van der Waals surface area contributed by atoms with Crippen LogP contribution in [0.1, 0.15) is 40.2 Å². The van der Waals surface area contributed by atoms with Gasteiger partial charge < -0.3 is 15.2 Å². The summed E-state index contributed by atoms with van der Waals surface area (Å²) in [6, 6.07) is 36.8. The number of hydrogen-bond donors (Lipinski definition) is 1. The smallest absolute Gasteiger partial charge is 0.0705 e. The van der Waals surface area contributed by atoms with Crippen LogP contribution < -0.4 is 10.6 Å². The number of nitrogens with zero attached hydrogens (tertiary/aromatic N) is 3. The fourth-order valence-electron chi connectivity index (χ4n) is 5.67. The lowest BCUT2D eigenvalue weighted by atomic mass is 9.87. The molecule has 0 aliphatic rings. The van der Waals surface area contributed by atoms with Gasteiger partial charge in [0, 0.05) is 39.9 Å². The minimum atomic E-state index is 0.0585. The Bertz CT molecular complexity index is 1840. The maximum Gasteiger partial charge on any atom is 0.0705 e. The van der Waals surface area contributed by atoms with Gasteiger partial charge in [0.05, 0.1) is 28.1 Å². The second-order valence-corrected chi connectivity index (χ2v) is 11.8. The summed E-state index contributed by atoms with van der Waals surface area (Å²) in [5.74, 6) is 0. The van der Waals surface area contributed by atoms with Crippen molar-refractivity contribution in [3.05, 3.63) is 115 Å². The number of fused-ring (bicyclic) bond motifs is 3. The normalized spacial score (nSPS) is 11.9. The van der Waals surface area contributed by atoms with Crippen LogP contribution in [0.2, 0.25) is 0 Å². The molecule has 2 aromatic heterocycles. The molecule has 0 unspecified atom stereocenters. The molecule has 0 aliphatic heterocycles. The van der Waals surface area contributed by atoms with Crippen molar-refractivity contribution in [1.82, 2.24) is 9.55 Å². The molecule has 0 bridgehead atoms. The molecule has 0 saturated carbocycles. The van der Waals surface area contributed by atoms with E-state index in [2.05, 4.69) is 129 Å². The first kappa shape index (κ1) is 25.7. The number of rotatable bonds is 5. The van der Waals surface area contributed by atoms with Crippen LogP contribution in [0.4, 0.5) is 17.1 Å². The number of nitrogens with two attached hydrogens (primary N) is 1. The van der Waals surface area contributed by atoms with E-state index in [9.17, 15) is 0 Å². The lowest BCUT2D eigenvalue weighted by Crippen LogP contribution is -2.26. The zero-order valence-corrected chi connectivity index (χ0v) is 23.9. The molecule has 4 heteroatoms. The molecular weight excluding hydrogens is 488 g/mol. The minimum absolute atomic E-state index is 0.0585. The molecule has 200 valence electrons. The van der Waals surface area contributed by atoms with Crippen molar-refractivity contribution in [2.45, 2.75) is 46.1 Å². The molecule has 0 aliphatic carbocycles. The summed E-state index contributed by atoms with van der Waals surface area (Å²) in [7, 11) is 0. The maximum atomic E-state index is 6.45. The zero-order chi connectivity index (χ0) is 28.0. The summed E-state index contributed by atoms with van der Waals surface area (Å²) in [6.07, 6.45) is 1.92. The summed E-state index contributed by atoms with van der Waals surface area (Å²) < 4.78 is 2.37. The molecule has 0 fully saturated rings. The molecule has 0 radical (unpaired) electrons. The molecule has 2 N–H and O–H groups in total. The number of aromatic nitrogens is 2. The van der Waals surface area contributed by atoms with Gasteiger partial charge in [-0.25, -0.2) is 0 Å². The third kappa shape index (κ3) is 4.50. The van der Waals surface area contributed by atoms with Crippen LogP contribution in [0.15, 0.2) is 109 Å². The van der Waals surface area contributed by atoms with Crippen molar-refractivity contribution in [2.24, 2.45) is 0 Å². The Hall–Kier alpha value is -4.57. The summed E-state index contributed by atoms with van der Waals surface area (Å²) in [4.78, 5) is 7.06. The van der Waals surface area contributed by atoms with Crippen molar-refractivity contribution >= 4 is 38.9 Å². The van der Waals surface area contributed by atoms with E-state index in [1.807, 2.05) is 24.4 Å². The summed E-state index contributed by atoms with van der Waals surface area (Å²) in [5, 5.41) is 2.46. The molecule has 6 aromatic rings. The number of benzene rings is 4. The molecule has 40 heavy (non-hydrogen) atoms. The predicted octanol–water partition coefficient (Wildman–Crippen LogP) is 9.27. The summed E-state index contributed by atoms with van der Waals surface area (Å²) >= 11 is 0. The average molecular weight is 525 g/mol. The van der Waals surface area contributed by atoms with E-state index in [0.717, 1.165) is 39.5 Å². The third-order valence-corrected chi connectivity index (χ3v) is 7.67. The fourth-order valence-corrected chi connectivity index (χ4v) is 5.67. The number of anilines is 3. The third-order valence-electron chi connectivity index (χ3n) is 7.67. The van der Waals surface area contributed by atoms with Crippen LogP contribution in [0.5, 0.6) is 0 Å². The number of para-hydroxylation sites is 3. The molecule has 0 spiro atoms. The molecular formula is C36H36N4. The van der Waals surface area contributed by atoms with Crippen molar-refractivity contribution in [3.8, 4) is 16.9 Å². The van der Waals surface area contributed by atoms with E-state index in [-0.39, 0.29) is 11.5 Å².